The zero-order valence-corrected chi connectivity index (χ0v) is 15.4. The highest BCUT2D eigenvalue weighted by molar-refractivity contribution is 7.99. The molecule has 4 rings (SSSR count). The van der Waals surface area contributed by atoms with Gasteiger partial charge in [0.2, 0.25) is 0 Å². The monoisotopic (exact) mass is 373 g/mol. The highest BCUT2D eigenvalue weighted by Gasteiger charge is 2.14. The predicted molar refractivity (Wildman–Crippen MR) is 101 cm³/mol. The molecule has 25 heavy (non-hydrogen) atoms. The lowest BCUT2D eigenvalue weighted by Gasteiger charge is -2.25. The van der Waals surface area contributed by atoms with Crippen LogP contribution in [0.4, 0.5) is 0 Å². The molecule has 4 heterocycles. The maximum Gasteiger partial charge on any atom is 0.189 e. The van der Waals surface area contributed by atoms with Crippen molar-refractivity contribution in [1.82, 2.24) is 34.7 Å². The maximum atomic E-state index is 4.39. The van der Waals surface area contributed by atoms with E-state index in [-0.39, 0.29) is 0 Å². The van der Waals surface area contributed by atoms with E-state index in [0.717, 1.165) is 28.8 Å². The van der Waals surface area contributed by atoms with Crippen LogP contribution in [-0.2, 0) is 0 Å². The van der Waals surface area contributed by atoms with Crippen LogP contribution in [0, 0.1) is 0 Å². The quantitative estimate of drug-likeness (QED) is 0.612. The van der Waals surface area contributed by atoms with Crippen molar-refractivity contribution in [3.63, 3.8) is 0 Å². The van der Waals surface area contributed by atoms with E-state index in [2.05, 4.69) is 25.3 Å². The Balaban J connectivity index is 1.53. The van der Waals surface area contributed by atoms with Crippen LogP contribution >= 0.6 is 23.5 Å². The first-order valence-electron chi connectivity index (χ1n) is 8.21. The molecule has 0 atom stereocenters. The maximum absolute atomic E-state index is 4.39. The Bertz CT molecular complexity index is 783. The Labute approximate surface area is 154 Å². The Morgan fingerprint density at radius 1 is 1.00 bits per heavy atom. The van der Waals surface area contributed by atoms with Crippen LogP contribution < -0.4 is 0 Å². The zero-order valence-electron chi connectivity index (χ0n) is 13.7. The molecule has 0 spiro atoms. The van der Waals surface area contributed by atoms with Gasteiger partial charge < -0.3 is 4.90 Å². The van der Waals surface area contributed by atoms with Gasteiger partial charge in [0.1, 0.15) is 0 Å². The van der Waals surface area contributed by atoms with E-state index in [1.165, 1.54) is 24.6 Å². The highest BCUT2D eigenvalue weighted by Crippen LogP contribution is 2.25. The zero-order chi connectivity index (χ0) is 16.9. The molecule has 0 amide bonds. The molecule has 0 radical (unpaired) electrons. The standard InChI is InChI=1S/C16H19N7S2/c1-3-17-22(5-1)15-13-14(16(20-19-15)23-6-2-4-18-23)25-12-9-21-7-10-24-11-8-21/h1-6,13H,7-12H2. The lowest BCUT2D eigenvalue weighted by Crippen LogP contribution is -2.34. The van der Waals surface area contributed by atoms with E-state index in [1.807, 2.05) is 42.4 Å². The van der Waals surface area contributed by atoms with Gasteiger partial charge >= 0.3 is 0 Å². The van der Waals surface area contributed by atoms with Crippen molar-refractivity contribution in [2.24, 2.45) is 0 Å². The summed E-state index contributed by atoms with van der Waals surface area (Å²) in [5, 5.41) is 17.2. The first-order valence-corrected chi connectivity index (χ1v) is 10.3. The lowest BCUT2D eigenvalue weighted by molar-refractivity contribution is 0.322. The van der Waals surface area contributed by atoms with Gasteiger partial charge in [0, 0.05) is 67.7 Å². The molecule has 1 fully saturated rings. The molecule has 1 saturated heterocycles. The minimum atomic E-state index is 0.720. The number of rotatable bonds is 6. The van der Waals surface area contributed by atoms with Crippen molar-refractivity contribution in [2.45, 2.75) is 4.90 Å². The fourth-order valence-corrected chi connectivity index (χ4v) is 4.64. The van der Waals surface area contributed by atoms with Crippen LogP contribution in [0.25, 0.3) is 11.6 Å². The van der Waals surface area contributed by atoms with E-state index in [1.54, 1.807) is 33.5 Å². The third kappa shape index (κ3) is 4.05. The van der Waals surface area contributed by atoms with Crippen LogP contribution in [0.3, 0.4) is 0 Å². The summed E-state index contributed by atoms with van der Waals surface area (Å²) in [6.45, 7) is 3.46. The smallest absolute Gasteiger partial charge is 0.189 e. The number of aromatic nitrogens is 6. The normalized spacial score (nSPS) is 15.5. The fourth-order valence-electron chi connectivity index (χ4n) is 2.64. The molecular weight excluding hydrogens is 354 g/mol. The molecule has 3 aromatic heterocycles. The predicted octanol–water partition coefficient (Wildman–Crippen LogP) is 1.99. The molecule has 0 saturated carbocycles. The topological polar surface area (TPSA) is 64.7 Å². The van der Waals surface area contributed by atoms with Crippen LogP contribution in [-0.4, -0.2) is 71.6 Å². The average Bonchev–Trinajstić information content (AvgIpc) is 3.37. The summed E-state index contributed by atoms with van der Waals surface area (Å²) in [7, 11) is 0. The summed E-state index contributed by atoms with van der Waals surface area (Å²) in [5.74, 6) is 4.98. The van der Waals surface area contributed by atoms with E-state index in [9.17, 15) is 0 Å². The molecule has 130 valence electrons. The fraction of sp³-hybridized carbons (Fsp3) is 0.375. The van der Waals surface area contributed by atoms with Crippen molar-refractivity contribution in [2.75, 3.05) is 36.9 Å². The molecule has 0 unspecified atom stereocenters. The van der Waals surface area contributed by atoms with Crippen molar-refractivity contribution in [3.05, 3.63) is 43.0 Å². The van der Waals surface area contributed by atoms with Crippen LogP contribution in [0.15, 0.2) is 47.9 Å². The van der Waals surface area contributed by atoms with Crippen molar-refractivity contribution in [3.8, 4) is 11.6 Å². The molecule has 0 bridgehead atoms. The Hall–Kier alpha value is -1.84. The molecule has 0 aliphatic carbocycles. The van der Waals surface area contributed by atoms with Gasteiger partial charge in [-0.25, -0.2) is 9.36 Å². The number of nitrogens with zero attached hydrogens (tertiary/aromatic N) is 7. The van der Waals surface area contributed by atoms with Gasteiger partial charge in [0.05, 0.1) is 4.90 Å². The molecule has 1 aliphatic heterocycles. The summed E-state index contributed by atoms with van der Waals surface area (Å²) in [6.07, 6.45) is 7.26. The van der Waals surface area contributed by atoms with Crippen molar-refractivity contribution >= 4 is 23.5 Å². The molecule has 0 N–H and O–H groups in total. The third-order valence-electron chi connectivity index (χ3n) is 3.96. The van der Waals surface area contributed by atoms with E-state index >= 15 is 0 Å². The molecule has 7 nitrogen and oxygen atoms in total. The highest BCUT2D eigenvalue weighted by atomic mass is 32.2. The van der Waals surface area contributed by atoms with Crippen LogP contribution in [0.1, 0.15) is 0 Å². The largest absolute Gasteiger partial charge is 0.301 e. The summed E-state index contributed by atoms with van der Waals surface area (Å²) < 4.78 is 3.49. The first kappa shape index (κ1) is 16.6. The Kier molecular flexibility index (Phi) is 5.34. The van der Waals surface area contributed by atoms with Gasteiger partial charge in [-0.1, -0.05) is 0 Å². The number of thioether (sulfide) groups is 2. The Morgan fingerprint density at radius 2 is 1.76 bits per heavy atom. The van der Waals surface area contributed by atoms with Gasteiger partial charge in [-0.3, -0.25) is 0 Å². The van der Waals surface area contributed by atoms with Crippen LogP contribution in [0.2, 0.25) is 0 Å². The molecule has 9 heteroatoms. The second kappa shape index (κ2) is 8.03. The van der Waals surface area contributed by atoms with E-state index in [0.29, 0.717) is 0 Å². The summed E-state index contributed by atoms with van der Waals surface area (Å²) in [6, 6.07) is 5.81. The van der Waals surface area contributed by atoms with Crippen LogP contribution in [0.5, 0.6) is 0 Å². The van der Waals surface area contributed by atoms with Crippen molar-refractivity contribution in [1.29, 1.82) is 0 Å². The summed E-state index contributed by atoms with van der Waals surface area (Å²) in [4.78, 5) is 3.59. The lowest BCUT2D eigenvalue weighted by atomic mass is 10.5. The minimum Gasteiger partial charge on any atom is -0.301 e. The SMILES string of the molecule is c1cnn(-c2cc(SCCN3CCSCC3)c(-n3cccn3)nn2)c1. The van der Waals surface area contributed by atoms with E-state index in [4.69, 9.17) is 0 Å². The molecular formula is C16H19N7S2. The molecule has 0 aromatic carbocycles. The van der Waals surface area contributed by atoms with Gasteiger partial charge in [-0.2, -0.15) is 22.0 Å². The van der Waals surface area contributed by atoms with Gasteiger partial charge in [-0.05, 0) is 12.1 Å². The molecule has 3 aromatic rings. The number of hydrogen-bond acceptors (Lipinski definition) is 7. The second-order valence-electron chi connectivity index (χ2n) is 5.59. The average molecular weight is 374 g/mol. The van der Waals surface area contributed by atoms with Gasteiger partial charge in [0.25, 0.3) is 0 Å². The molecule has 1 aliphatic rings. The van der Waals surface area contributed by atoms with Gasteiger partial charge in [0.15, 0.2) is 11.6 Å². The third-order valence-corrected chi connectivity index (χ3v) is 5.90. The first-order chi connectivity index (χ1) is 12.4. The second-order valence-corrected chi connectivity index (χ2v) is 7.96. The van der Waals surface area contributed by atoms with Crippen molar-refractivity contribution < 1.29 is 0 Å². The minimum absolute atomic E-state index is 0.720. The Morgan fingerprint density at radius 3 is 2.48 bits per heavy atom. The number of hydrogen-bond donors (Lipinski definition) is 0. The summed E-state index contributed by atoms with van der Waals surface area (Å²) in [5.41, 5.74) is 0. The van der Waals surface area contributed by atoms with Gasteiger partial charge in [-0.15, -0.1) is 22.0 Å². The van der Waals surface area contributed by atoms with E-state index < -0.39 is 0 Å². The summed E-state index contributed by atoms with van der Waals surface area (Å²) >= 11 is 3.84.